The highest BCUT2D eigenvalue weighted by Gasteiger charge is 2.70. The Bertz CT molecular complexity index is 1120. The summed E-state index contributed by atoms with van der Waals surface area (Å²) >= 11 is 0. The Hall–Kier alpha value is -3.51. The van der Waals surface area contributed by atoms with E-state index in [9.17, 15) is 19.2 Å². The molecule has 0 radical (unpaired) electrons. The molecule has 1 aliphatic carbocycles. The molecule has 1 aromatic carbocycles. The third-order valence-electron chi connectivity index (χ3n) is 6.54. The number of fused-ring (bicyclic) bond motifs is 1. The van der Waals surface area contributed by atoms with Crippen molar-refractivity contribution < 1.29 is 23.5 Å². The van der Waals surface area contributed by atoms with Gasteiger partial charge in [0, 0.05) is 36.1 Å². The van der Waals surface area contributed by atoms with E-state index in [0.29, 0.717) is 35.7 Å². The molecule has 4 atom stereocenters. The number of ether oxygens (including phenoxy) is 2. The highest BCUT2D eigenvalue weighted by Crippen LogP contribution is 2.62. The highest BCUT2D eigenvalue weighted by molar-refractivity contribution is 5.90. The monoisotopic (exact) mass is 436 g/mol. The largest absolute Gasteiger partial charge is 0.442 e. The van der Waals surface area contributed by atoms with E-state index in [1.54, 1.807) is 30.5 Å². The van der Waals surface area contributed by atoms with Gasteiger partial charge in [-0.15, -0.1) is 0 Å². The predicted molar refractivity (Wildman–Crippen MR) is 111 cm³/mol. The Labute approximate surface area is 183 Å². The van der Waals surface area contributed by atoms with E-state index in [-0.39, 0.29) is 30.8 Å². The first kappa shape index (κ1) is 20.4. The second-order valence-corrected chi connectivity index (χ2v) is 8.38. The molecule has 0 spiro atoms. The summed E-state index contributed by atoms with van der Waals surface area (Å²) in [6.45, 7) is 2.95. The number of cyclic esters (lactones) is 1. The maximum Gasteiger partial charge on any atom is 0.414 e. The summed E-state index contributed by atoms with van der Waals surface area (Å²) in [6.07, 6.45) is 0.500. The number of nitrogens with one attached hydrogen (secondary N) is 1. The van der Waals surface area contributed by atoms with Gasteiger partial charge in [-0.25, -0.2) is 9.18 Å². The molecule has 0 bridgehead atoms. The summed E-state index contributed by atoms with van der Waals surface area (Å²) in [5, 5.41) is 12.3. The lowest BCUT2D eigenvalue weighted by Gasteiger charge is -2.15. The second-order valence-electron chi connectivity index (χ2n) is 8.38. The summed E-state index contributed by atoms with van der Waals surface area (Å²) in [6, 6.07) is 10.5. The van der Waals surface area contributed by atoms with Crippen LogP contribution in [0.25, 0.3) is 11.1 Å². The number of rotatable bonds is 5. The van der Waals surface area contributed by atoms with Gasteiger partial charge in [0.2, 0.25) is 5.91 Å². The minimum atomic E-state index is -0.594. The lowest BCUT2D eigenvalue weighted by molar-refractivity contribution is -0.119. The first-order valence-electron chi connectivity index (χ1n) is 10.4. The number of pyridine rings is 1. The van der Waals surface area contributed by atoms with Gasteiger partial charge < -0.3 is 14.8 Å². The van der Waals surface area contributed by atoms with Crippen LogP contribution in [0.1, 0.15) is 12.6 Å². The Morgan fingerprint density at radius 2 is 2.12 bits per heavy atom. The number of nitriles is 1. The Kier molecular flexibility index (Phi) is 4.82. The summed E-state index contributed by atoms with van der Waals surface area (Å²) < 4.78 is 25.6. The van der Waals surface area contributed by atoms with Crippen LogP contribution in [0, 0.1) is 29.0 Å². The molecule has 3 aliphatic rings. The minimum Gasteiger partial charge on any atom is -0.442 e. The van der Waals surface area contributed by atoms with Crippen LogP contribution >= 0.6 is 0 Å². The molecule has 2 saturated heterocycles. The lowest BCUT2D eigenvalue weighted by atomic mass is 9.96. The number of carbonyl (C=O) groups is 2. The SMILES string of the molecule is CC(=O)NC[C@H]1CN(c2ccc(-c3ccc(C4(C#N)[C@@H]5COC[C@@H]54)nc3)c(F)c2)C(=O)O1. The number of nitrogens with zero attached hydrogens (tertiary/aromatic N) is 3. The molecule has 2 aromatic rings. The van der Waals surface area contributed by atoms with E-state index in [2.05, 4.69) is 16.4 Å². The molecule has 3 fully saturated rings. The zero-order valence-corrected chi connectivity index (χ0v) is 17.4. The minimum absolute atomic E-state index is 0.177. The van der Waals surface area contributed by atoms with Gasteiger partial charge in [-0.05, 0) is 24.3 Å². The molecule has 5 rings (SSSR count). The van der Waals surface area contributed by atoms with E-state index >= 15 is 0 Å². The zero-order valence-electron chi connectivity index (χ0n) is 17.4. The fraction of sp³-hybridized carbons (Fsp3) is 0.391. The van der Waals surface area contributed by atoms with E-state index in [1.807, 2.05) is 0 Å². The van der Waals surface area contributed by atoms with E-state index in [4.69, 9.17) is 9.47 Å². The third-order valence-corrected chi connectivity index (χ3v) is 6.54. The van der Waals surface area contributed by atoms with Gasteiger partial charge in [0.25, 0.3) is 0 Å². The number of carbonyl (C=O) groups excluding carboxylic acids is 2. The van der Waals surface area contributed by atoms with E-state index < -0.39 is 23.4 Å². The number of amides is 2. The van der Waals surface area contributed by atoms with Crippen molar-refractivity contribution in [2.24, 2.45) is 11.8 Å². The molecule has 8 nitrogen and oxygen atoms in total. The number of benzene rings is 1. The standard InChI is InChI=1S/C23H21FN4O4/c1-13(29)26-8-16-9-28(22(30)32-16)15-3-4-17(20(24)6-15)14-2-5-21(27-7-14)23(12-25)18-10-31-11-19(18)23/h2-7,16,18-19H,8-11H2,1H3,(H,26,29)/t16-,18-,19+,23?/m0/s1. The number of hydrogen-bond acceptors (Lipinski definition) is 6. The van der Waals surface area contributed by atoms with Crippen LogP contribution < -0.4 is 10.2 Å². The Morgan fingerprint density at radius 3 is 2.75 bits per heavy atom. The number of aromatic nitrogens is 1. The molecule has 2 amide bonds. The lowest BCUT2D eigenvalue weighted by Crippen LogP contribution is -2.33. The van der Waals surface area contributed by atoms with Crippen molar-refractivity contribution in [1.82, 2.24) is 10.3 Å². The molecule has 1 N–H and O–H groups in total. The van der Waals surface area contributed by atoms with E-state index in [1.165, 1.54) is 17.9 Å². The van der Waals surface area contributed by atoms with Crippen molar-refractivity contribution in [2.45, 2.75) is 18.4 Å². The van der Waals surface area contributed by atoms with Crippen molar-refractivity contribution >= 4 is 17.7 Å². The molecule has 3 heterocycles. The maximum absolute atomic E-state index is 14.9. The van der Waals surface area contributed by atoms with Gasteiger partial charge in [-0.2, -0.15) is 5.26 Å². The summed E-state index contributed by atoms with van der Waals surface area (Å²) in [7, 11) is 0. The van der Waals surface area contributed by atoms with Gasteiger partial charge in [0.05, 0.1) is 43.8 Å². The first-order valence-corrected chi connectivity index (χ1v) is 10.4. The van der Waals surface area contributed by atoms with Gasteiger partial charge in [0.1, 0.15) is 17.3 Å². The summed E-state index contributed by atoms with van der Waals surface area (Å²) in [4.78, 5) is 29.0. The van der Waals surface area contributed by atoms with Crippen LogP contribution in [0.2, 0.25) is 0 Å². The topological polar surface area (TPSA) is 105 Å². The van der Waals surface area contributed by atoms with Crippen molar-refractivity contribution in [2.75, 3.05) is 31.2 Å². The van der Waals surface area contributed by atoms with Crippen LogP contribution in [0.3, 0.4) is 0 Å². The fourth-order valence-electron chi connectivity index (χ4n) is 4.76. The highest BCUT2D eigenvalue weighted by atomic mass is 19.1. The molecule has 1 aromatic heterocycles. The van der Waals surface area contributed by atoms with E-state index in [0.717, 1.165) is 0 Å². The van der Waals surface area contributed by atoms with Crippen LogP contribution in [0.5, 0.6) is 0 Å². The quantitative estimate of drug-likeness (QED) is 0.772. The summed E-state index contributed by atoms with van der Waals surface area (Å²) in [5.74, 6) is -0.358. The van der Waals surface area contributed by atoms with Gasteiger partial charge >= 0.3 is 6.09 Å². The molecular formula is C23H21FN4O4. The van der Waals surface area contributed by atoms with Crippen LogP contribution in [0.15, 0.2) is 36.5 Å². The van der Waals surface area contributed by atoms with Crippen molar-refractivity contribution in [3.05, 3.63) is 48.0 Å². The molecule has 1 saturated carbocycles. The van der Waals surface area contributed by atoms with Crippen LogP contribution in [-0.2, 0) is 19.7 Å². The zero-order chi connectivity index (χ0) is 22.5. The van der Waals surface area contributed by atoms with Crippen molar-refractivity contribution in [1.29, 1.82) is 5.26 Å². The maximum atomic E-state index is 14.9. The second kappa shape index (κ2) is 7.57. The average Bonchev–Trinajstić information content (AvgIpc) is 3.09. The first-order chi connectivity index (χ1) is 15.4. The van der Waals surface area contributed by atoms with Crippen molar-refractivity contribution in [3.8, 4) is 17.2 Å². The normalized spacial score (nSPS) is 28.1. The predicted octanol–water partition coefficient (Wildman–Crippen LogP) is 2.39. The number of anilines is 1. The van der Waals surface area contributed by atoms with Gasteiger partial charge in [0.15, 0.2) is 0 Å². The Balaban J connectivity index is 1.32. The fourth-order valence-corrected chi connectivity index (χ4v) is 4.76. The Morgan fingerprint density at radius 1 is 1.34 bits per heavy atom. The smallest absolute Gasteiger partial charge is 0.414 e. The van der Waals surface area contributed by atoms with Crippen LogP contribution in [-0.4, -0.2) is 49.4 Å². The van der Waals surface area contributed by atoms with Crippen LogP contribution in [0.4, 0.5) is 14.9 Å². The molecule has 1 unspecified atom stereocenters. The molecule has 2 aliphatic heterocycles. The molecular weight excluding hydrogens is 415 g/mol. The average molecular weight is 436 g/mol. The van der Waals surface area contributed by atoms with Crippen molar-refractivity contribution in [3.63, 3.8) is 0 Å². The number of hydrogen-bond donors (Lipinski definition) is 1. The molecule has 32 heavy (non-hydrogen) atoms. The summed E-state index contributed by atoms with van der Waals surface area (Å²) in [5.41, 5.74) is 1.41. The van der Waals surface area contributed by atoms with Gasteiger partial charge in [-0.3, -0.25) is 14.7 Å². The molecule has 9 heteroatoms. The third kappa shape index (κ3) is 3.19. The molecule has 164 valence electrons. The number of halogens is 1. The van der Waals surface area contributed by atoms with Gasteiger partial charge in [-0.1, -0.05) is 6.07 Å².